The lowest BCUT2D eigenvalue weighted by atomic mass is 10.1. The Morgan fingerprint density at radius 3 is 2.53 bits per heavy atom. The number of hydrogen-bond acceptors (Lipinski definition) is 5. The van der Waals surface area contributed by atoms with Crippen LogP contribution in [0.3, 0.4) is 0 Å². The molecule has 1 unspecified atom stereocenters. The first-order chi connectivity index (χ1) is 15.3. The summed E-state index contributed by atoms with van der Waals surface area (Å²) >= 11 is 0. The second-order valence-corrected chi connectivity index (χ2v) is 9.00. The zero-order chi connectivity index (χ0) is 22.7. The van der Waals surface area contributed by atoms with E-state index in [1.807, 2.05) is 0 Å². The molecule has 2 aromatic carbocycles. The van der Waals surface area contributed by atoms with Gasteiger partial charge in [-0.15, -0.1) is 0 Å². The van der Waals surface area contributed by atoms with Gasteiger partial charge in [0.2, 0.25) is 10.0 Å². The van der Waals surface area contributed by atoms with E-state index in [1.54, 1.807) is 0 Å². The third-order valence-electron chi connectivity index (χ3n) is 5.00. The molecule has 3 N–H and O–H groups in total. The topological polar surface area (TPSA) is 113 Å². The highest BCUT2D eigenvalue weighted by Gasteiger charge is 2.21. The van der Waals surface area contributed by atoms with E-state index in [4.69, 9.17) is 4.74 Å². The van der Waals surface area contributed by atoms with Gasteiger partial charge in [-0.2, -0.15) is 5.10 Å². The number of amides is 1. The zero-order valence-corrected chi connectivity index (χ0v) is 17.6. The summed E-state index contributed by atoms with van der Waals surface area (Å²) in [6.45, 7) is 0.817. The highest BCUT2D eigenvalue weighted by molar-refractivity contribution is 7.89. The van der Waals surface area contributed by atoms with Crippen molar-refractivity contribution in [1.82, 2.24) is 14.9 Å². The molecule has 1 aliphatic heterocycles. The van der Waals surface area contributed by atoms with Crippen LogP contribution in [0.2, 0.25) is 0 Å². The number of nitrogens with one attached hydrogen (secondary N) is 3. The van der Waals surface area contributed by atoms with Gasteiger partial charge in [0, 0.05) is 24.8 Å². The van der Waals surface area contributed by atoms with Crippen molar-refractivity contribution >= 4 is 21.7 Å². The normalized spacial score (nSPS) is 16.2. The number of rotatable bonds is 7. The number of hydrogen-bond donors (Lipinski definition) is 3. The smallest absolute Gasteiger partial charge is 0.256 e. The lowest BCUT2D eigenvalue weighted by molar-refractivity contribution is 0.102. The van der Waals surface area contributed by atoms with E-state index in [0.717, 1.165) is 25.0 Å². The molecule has 1 saturated heterocycles. The lowest BCUT2D eigenvalue weighted by Crippen LogP contribution is -2.31. The molecule has 1 amide bonds. The van der Waals surface area contributed by atoms with Crippen LogP contribution >= 0.6 is 0 Å². The standard InChI is InChI=1S/C21H20F2N4O4S/c22-16-4-1-5-17(23)20(16)18-11-19(27-26-18)25-21(28)13-6-8-15(9-7-13)32(29,30)24-12-14-3-2-10-31-14/h1,4-9,11,14,24H,2-3,10,12H2,(H2,25,26,27,28). The number of carbonyl (C=O) groups excluding carboxylic acids is 1. The van der Waals surface area contributed by atoms with Crippen LogP contribution in [0.5, 0.6) is 0 Å². The fraction of sp³-hybridized carbons (Fsp3) is 0.238. The minimum atomic E-state index is -3.73. The maximum absolute atomic E-state index is 13.9. The first-order valence-corrected chi connectivity index (χ1v) is 11.3. The van der Waals surface area contributed by atoms with E-state index >= 15 is 0 Å². The molecule has 0 radical (unpaired) electrons. The Hall–Kier alpha value is -3.15. The van der Waals surface area contributed by atoms with Gasteiger partial charge < -0.3 is 10.1 Å². The highest BCUT2D eigenvalue weighted by atomic mass is 32.2. The molecule has 1 aromatic heterocycles. The number of H-pyrrole nitrogens is 1. The van der Waals surface area contributed by atoms with Gasteiger partial charge in [-0.1, -0.05) is 6.07 Å². The van der Waals surface area contributed by atoms with E-state index in [-0.39, 0.29) is 40.2 Å². The van der Waals surface area contributed by atoms with E-state index in [0.29, 0.717) is 6.61 Å². The zero-order valence-electron chi connectivity index (χ0n) is 16.8. The van der Waals surface area contributed by atoms with Gasteiger partial charge in [-0.3, -0.25) is 9.89 Å². The number of ether oxygens (including phenoxy) is 1. The average molecular weight is 462 g/mol. The fourth-order valence-corrected chi connectivity index (χ4v) is 4.40. The predicted octanol–water partition coefficient (Wildman–Crippen LogP) is 3.06. The number of aromatic amines is 1. The largest absolute Gasteiger partial charge is 0.377 e. The molecular weight excluding hydrogens is 442 g/mol. The van der Waals surface area contributed by atoms with E-state index in [2.05, 4.69) is 20.2 Å². The summed E-state index contributed by atoms with van der Waals surface area (Å²) < 4.78 is 60.6. The molecule has 0 aliphatic carbocycles. The van der Waals surface area contributed by atoms with Crippen LogP contribution in [0.4, 0.5) is 14.6 Å². The van der Waals surface area contributed by atoms with E-state index in [9.17, 15) is 22.0 Å². The van der Waals surface area contributed by atoms with Gasteiger partial charge in [-0.05, 0) is 49.2 Å². The van der Waals surface area contributed by atoms with Crippen molar-refractivity contribution < 1.29 is 26.7 Å². The first-order valence-electron chi connectivity index (χ1n) is 9.86. The second-order valence-electron chi connectivity index (χ2n) is 7.23. The molecule has 0 bridgehead atoms. The van der Waals surface area contributed by atoms with Crippen LogP contribution in [0.1, 0.15) is 23.2 Å². The number of benzene rings is 2. The van der Waals surface area contributed by atoms with E-state index < -0.39 is 27.6 Å². The third-order valence-corrected chi connectivity index (χ3v) is 6.44. The minimum absolute atomic E-state index is 0.0177. The molecule has 2 heterocycles. The van der Waals surface area contributed by atoms with Crippen LogP contribution in [0.25, 0.3) is 11.3 Å². The Labute approximate surface area is 183 Å². The SMILES string of the molecule is O=C(Nc1cc(-c2c(F)cccc2F)[nH]n1)c1ccc(S(=O)(=O)NCC2CCCO2)cc1. The number of carbonyl (C=O) groups is 1. The Morgan fingerprint density at radius 1 is 1.16 bits per heavy atom. The summed E-state index contributed by atoms with van der Waals surface area (Å²) in [6.07, 6.45) is 1.58. The summed E-state index contributed by atoms with van der Waals surface area (Å²) in [5, 5.41) is 8.84. The van der Waals surface area contributed by atoms with Crippen molar-refractivity contribution in [3.05, 3.63) is 65.7 Å². The molecule has 1 atom stereocenters. The van der Waals surface area contributed by atoms with E-state index in [1.165, 1.54) is 36.4 Å². The Kier molecular flexibility index (Phi) is 6.31. The Morgan fingerprint density at radius 2 is 1.88 bits per heavy atom. The molecule has 0 spiro atoms. The molecule has 3 aromatic rings. The Balaban J connectivity index is 1.41. The van der Waals surface area contributed by atoms with Crippen LogP contribution in [0, 0.1) is 11.6 Å². The van der Waals surface area contributed by atoms with Crippen molar-refractivity contribution in [3.63, 3.8) is 0 Å². The Bertz CT molecular complexity index is 1200. The average Bonchev–Trinajstić information content (AvgIpc) is 3.45. The molecule has 8 nitrogen and oxygen atoms in total. The van der Waals surface area contributed by atoms with Gasteiger partial charge >= 0.3 is 0 Å². The number of nitrogens with zero attached hydrogens (tertiary/aromatic N) is 1. The first kappa shape index (κ1) is 22.1. The lowest BCUT2D eigenvalue weighted by Gasteiger charge is -2.11. The van der Waals surface area contributed by atoms with Crippen molar-refractivity contribution in [2.75, 3.05) is 18.5 Å². The molecule has 0 saturated carbocycles. The minimum Gasteiger partial charge on any atom is -0.377 e. The molecular formula is C21H20F2N4O4S. The molecule has 1 aliphatic rings. The third kappa shape index (κ3) is 4.85. The van der Waals surface area contributed by atoms with Gasteiger partial charge in [0.15, 0.2) is 5.82 Å². The number of aromatic nitrogens is 2. The summed E-state index contributed by atoms with van der Waals surface area (Å²) in [4.78, 5) is 12.5. The van der Waals surface area contributed by atoms with Crippen LogP contribution < -0.4 is 10.0 Å². The van der Waals surface area contributed by atoms with Gasteiger partial charge in [0.1, 0.15) is 11.6 Å². The fourth-order valence-electron chi connectivity index (χ4n) is 3.33. The van der Waals surface area contributed by atoms with Crippen molar-refractivity contribution in [1.29, 1.82) is 0 Å². The maximum Gasteiger partial charge on any atom is 0.256 e. The second kappa shape index (κ2) is 9.15. The van der Waals surface area contributed by atoms with Gasteiger partial charge in [0.25, 0.3) is 5.91 Å². The van der Waals surface area contributed by atoms with Crippen molar-refractivity contribution in [2.24, 2.45) is 0 Å². The maximum atomic E-state index is 13.9. The highest BCUT2D eigenvalue weighted by Crippen LogP contribution is 2.26. The number of halogens is 2. The van der Waals surface area contributed by atoms with Crippen LogP contribution in [-0.2, 0) is 14.8 Å². The number of anilines is 1. The summed E-state index contributed by atoms with van der Waals surface area (Å²) in [7, 11) is -3.73. The summed E-state index contributed by atoms with van der Waals surface area (Å²) in [6, 6.07) is 10.1. The monoisotopic (exact) mass is 462 g/mol. The van der Waals surface area contributed by atoms with Crippen molar-refractivity contribution in [2.45, 2.75) is 23.8 Å². The molecule has 1 fully saturated rings. The van der Waals surface area contributed by atoms with Gasteiger partial charge in [-0.25, -0.2) is 21.9 Å². The van der Waals surface area contributed by atoms with Crippen LogP contribution in [0.15, 0.2) is 53.4 Å². The molecule has 4 rings (SSSR count). The summed E-state index contributed by atoms with van der Waals surface area (Å²) in [5.74, 6) is -2.04. The number of sulfonamides is 1. The predicted molar refractivity (Wildman–Crippen MR) is 112 cm³/mol. The molecule has 32 heavy (non-hydrogen) atoms. The van der Waals surface area contributed by atoms with Crippen LogP contribution in [-0.4, -0.2) is 43.8 Å². The van der Waals surface area contributed by atoms with Crippen molar-refractivity contribution in [3.8, 4) is 11.3 Å². The van der Waals surface area contributed by atoms with Gasteiger partial charge in [0.05, 0.1) is 22.3 Å². The molecule has 168 valence electrons. The molecule has 11 heteroatoms. The summed E-state index contributed by atoms with van der Waals surface area (Å²) in [5.41, 5.74) is -0.0371. The quantitative estimate of drug-likeness (QED) is 0.500.